The van der Waals surface area contributed by atoms with Gasteiger partial charge in [0, 0.05) is 22.8 Å². The van der Waals surface area contributed by atoms with Crippen LogP contribution in [0.5, 0.6) is 5.75 Å². The Balaban J connectivity index is 2.51. The summed E-state index contributed by atoms with van der Waals surface area (Å²) >= 11 is 3.24. The quantitative estimate of drug-likeness (QED) is 0.810. The summed E-state index contributed by atoms with van der Waals surface area (Å²) in [5.74, 6) is 0.0106. The number of rotatable bonds is 4. The summed E-state index contributed by atoms with van der Waals surface area (Å²) in [5, 5.41) is 9.53. The molecular weight excluding hydrogens is 356 g/mol. The second kappa shape index (κ2) is 5.95. The maximum absolute atomic E-state index is 12.7. The predicted molar refractivity (Wildman–Crippen MR) is 86.9 cm³/mol. The zero-order valence-corrected chi connectivity index (χ0v) is 13.7. The van der Waals surface area contributed by atoms with Gasteiger partial charge in [0.1, 0.15) is 5.75 Å². The molecule has 5 nitrogen and oxygen atoms in total. The van der Waals surface area contributed by atoms with Gasteiger partial charge in [0.2, 0.25) is 0 Å². The maximum Gasteiger partial charge on any atom is 0.264 e. The van der Waals surface area contributed by atoms with Gasteiger partial charge in [0.25, 0.3) is 10.0 Å². The molecule has 2 rings (SSSR count). The highest BCUT2D eigenvalue weighted by molar-refractivity contribution is 9.10. The van der Waals surface area contributed by atoms with Crippen LogP contribution in [-0.2, 0) is 10.0 Å². The van der Waals surface area contributed by atoms with E-state index in [1.165, 1.54) is 28.6 Å². The number of anilines is 2. The van der Waals surface area contributed by atoms with Crippen molar-refractivity contribution in [2.75, 3.05) is 16.6 Å². The van der Waals surface area contributed by atoms with E-state index in [1.807, 2.05) is 0 Å². The summed E-state index contributed by atoms with van der Waals surface area (Å²) in [6.45, 7) is 1.96. The number of nitrogens with zero attached hydrogens (tertiary/aromatic N) is 1. The standard InChI is InChI=1S/C14H15BrN2O3S/c1-2-17(10-4-3-5-11(18)8-10)21(19,20)12-6-7-13(15)14(16)9-12/h3-9,18H,2,16H2,1H3. The minimum Gasteiger partial charge on any atom is -0.508 e. The van der Waals surface area contributed by atoms with E-state index >= 15 is 0 Å². The molecule has 0 fully saturated rings. The largest absolute Gasteiger partial charge is 0.508 e. The Morgan fingerprint density at radius 3 is 2.52 bits per heavy atom. The minimum atomic E-state index is -3.74. The SMILES string of the molecule is CCN(c1cccc(O)c1)S(=O)(=O)c1ccc(Br)c(N)c1. The van der Waals surface area contributed by atoms with Crippen LogP contribution < -0.4 is 10.0 Å². The summed E-state index contributed by atoms with van der Waals surface area (Å²) in [4.78, 5) is 0.105. The molecule has 0 heterocycles. The molecule has 0 aromatic heterocycles. The molecule has 3 N–H and O–H groups in total. The number of phenolic OH excluding ortho intramolecular Hbond substituents is 1. The molecule has 0 saturated heterocycles. The number of sulfonamides is 1. The Bertz CT molecular complexity index is 763. The lowest BCUT2D eigenvalue weighted by Gasteiger charge is -2.23. The van der Waals surface area contributed by atoms with Crippen LogP contribution in [0.3, 0.4) is 0 Å². The topological polar surface area (TPSA) is 83.6 Å². The third-order valence-corrected chi connectivity index (χ3v) is 5.58. The van der Waals surface area contributed by atoms with Gasteiger partial charge in [-0.3, -0.25) is 4.31 Å². The smallest absolute Gasteiger partial charge is 0.264 e. The number of phenols is 1. The van der Waals surface area contributed by atoms with E-state index in [2.05, 4.69) is 15.9 Å². The lowest BCUT2D eigenvalue weighted by molar-refractivity contribution is 0.475. The van der Waals surface area contributed by atoms with E-state index in [4.69, 9.17) is 5.73 Å². The maximum atomic E-state index is 12.7. The molecule has 0 atom stereocenters. The monoisotopic (exact) mass is 370 g/mol. The van der Waals surface area contributed by atoms with Crippen molar-refractivity contribution in [3.05, 3.63) is 46.9 Å². The fourth-order valence-corrected chi connectivity index (χ4v) is 3.70. The molecule has 0 radical (unpaired) electrons. The first-order valence-corrected chi connectivity index (χ1v) is 8.46. The second-order valence-corrected chi connectivity index (χ2v) is 7.09. The van der Waals surface area contributed by atoms with Crippen LogP contribution in [0.15, 0.2) is 51.8 Å². The average molecular weight is 371 g/mol. The molecule has 2 aromatic rings. The van der Waals surface area contributed by atoms with Gasteiger partial charge < -0.3 is 10.8 Å². The molecule has 0 spiro atoms. The highest BCUT2D eigenvalue weighted by Crippen LogP contribution is 2.29. The highest BCUT2D eigenvalue weighted by atomic mass is 79.9. The van der Waals surface area contributed by atoms with Crippen LogP contribution in [-0.4, -0.2) is 20.1 Å². The van der Waals surface area contributed by atoms with E-state index in [0.29, 0.717) is 15.8 Å². The molecule has 7 heteroatoms. The van der Waals surface area contributed by atoms with E-state index in [0.717, 1.165) is 0 Å². The first-order chi connectivity index (χ1) is 9.86. The van der Waals surface area contributed by atoms with Crippen molar-refractivity contribution in [2.45, 2.75) is 11.8 Å². The van der Waals surface area contributed by atoms with Crippen LogP contribution in [0.2, 0.25) is 0 Å². The van der Waals surface area contributed by atoms with Gasteiger partial charge >= 0.3 is 0 Å². The van der Waals surface area contributed by atoms with Crippen LogP contribution >= 0.6 is 15.9 Å². The van der Waals surface area contributed by atoms with E-state index in [9.17, 15) is 13.5 Å². The second-order valence-electron chi connectivity index (χ2n) is 4.37. The molecule has 0 unspecified atom stereocenters. The molecule has 0 aliphatic heterocycles. The lowest BCUT2D eigenvalue weighted by atomic mass is 10.3. The van der Waals surface area contributed by atoms with Crippen molar-refractivity contribution in [2.24, 2.45) is 0 Å². The number of nitrogen functional groups attached to an aromatic ring is 1. The zero-order chi connectivity index (χ0) is 15.6. The molecular formula is C14H15BrN2O3S. The molecule has 0 aliphatic carbocycles. The van der Waals surface area contributed by atoms with Gasteiger partial charge in [0.05, 0.1) is 10.6 Å². The van der Waals surface area contributed by atoms with Gasteiger partial charge in [-0.25, -0.2) is 8.42 Å². The number of hydrogen-bond donors (Lipinski definition) is 2. The van der Waals surface area contributed by atoms with Crippen molar-refractivity contribution in [3.8, 4) is 5.75 Å². The summed E-state index contributed by atoms with van der Waals surface area (Å²) in [5.41, 5.74) is 6.50. The minimum absolute atomic E-state index is 0.0106. The Kier molecular flexibility index (Phi) is 4.43. The molecule has 0 aliphatic rings. The molecule has 112 valence electrons. The van der Waals surface area contributed by atoms with Crippen molar-refractivity contribution >= 4 is 37.3 Å². The fourth-order valence-electron chi connectivity index (χ4n) is 1.95. The summed E-state index contributed by atoms with van der Waals surface area (Å²) in [6.07, 6.45) is 0. The van der Waals surface area contributed by atoms with Crippen LogP contribution in [0, 0.1) is 0 Å². The van der Waals surface area contributed by atoms with Crippen LogP contribution in [0.25, 0.3) is 0 Å². The molecule has 2 aromatic carbocycles. The zero-order valence-electron chi connectivity index (χ0n) is 11.3. The Morgan fingerprint density at radius 2 is 1.95 bits per heavy atom. The number of aromatic hydroxyl groups is 1. The van der Waals surface area contributed by atoms with Crippen molar-refractivity contribution in [1.29, 1.82) is 0 Å². The van der Waals surface area contributed by atoms with Crippen molar-refractivity contribution in [1.82, 2.24) is 0 Å². The third-order valence-electron chi connectivity index (χ3n) is 2.96. The third kappa shape index (κ3) is 3.14. The van der Waals surface area contributed by atoms with Gasteiger partial charge in [0.15, 0.2) is 0 Å². The number of nitrogens with two attached hydrogens (primary N) is 1. The summed E-state index contributed by atoms with van der Waals surface area (Å²) in [6, 6.07) is 10.6. The van der Waals surface area contributed by atoms with Crippen LogP contribution in [0.4, 0.5) is 11.4 Å². The van der Waals surface area contributed by atoms with Gasteiger partial charge in [-0.05, 0) is 53.2 Å². The van der Waals surface area contributed by atoms with Crippen molar-refractivity contribution in [3.63, 3.8) is 0 Å². The molecule has 0 amide bonds. The number of hydrogen-bond acceptors (Lipinski definition) is 4. The fraction of sp³-hybridized carbons (Fsp3) is 0.143. The summed E-state index contributed by atoms with van der Waals surface area (Å²) < 4.78 is 27.3. The Hall–Kier alpha value is -1.73. The molecule has 21 heavy (non-hydrogen) atoms. The van der Waals surface area contributed by atoms with Gasteiger partial charge in [-0.2, -0.15) is 0 Å². The highest BCUT2D eigenvalue weighted by Gasteiger charge is 2.24. The Morgan fingerprint density at radius 1 is 1.24 bits per heavy atom. The first kappa shape index (κ1) is 15.7. The van der Waals surface area contributed by atoms with Gasteiger partial charge in [-0.15, -0.1) is 0 Å². The number of benzene rings is 2. The van der Waals surface area contributed by atoms with E-state index in [-0.39, 0.29) is 17.2 Å². The van der Waals surface area contributed by atoms with E-state index in [1.54, 1.807) is 25.1 Å². The first-order valence-electron chi connectivity index (χ1n) is 6.23. The van der Waals surface area contributed by atoms with Gasteiger partial charge in [-0.1, -0.05) is 6.07 Å². The molecule has 0 saturated carbocycles. The predicted octanol–water partition coefficient (Wildman–Crippen LogP) is 2.95. The Labute approximate surface area is 132 Å². The summed E-state index contributed by atoms with van der Waals surface area (Å²) in [7, 11) is -3.74. The van der Waals surface area contributed by atoms with E-state index < -0.39 is 10.0 Å². The number of halogens is 1. The molecule has 0 bridgehead atoms. The van der Waals surface area contributed by atoms with Crippen LogP contribution in [0.1, 0.15) is 6.92 Å². The van der Waals surface area contributed by atoms with Crippen molar-refractivity contribution < 1.29 is 13.5 Å². The normalized spacial score (nSPS) is 11.3. The average Bonchev–Trinajstić information content (AvgIpc) is 2.42. The lowest BCUT2D eigenvalue weighted by Crippen LogP contribution is -2.30.